The van der Waals surface area contributed by atoms with E-state index in [2.05, 4.69) is 43.9 Å². The Balaban J connectivity index is 2.52. The predicted molar refractivity (Wildman–Crippen MR) is 66.8 cm³/mol. The van der Waals surface area contributed by atoms with Gasteiger partial charge in [0.2, 0.25) is 8.32 Å². The lowest BCUT2D eigenvalue weighted by Crippen LogP contribution is -2.29. The van der Waals surface area contributed by atoms with Crippen LogP contribution in [0.4, 0.5) is 0 Å². The van der Waals surface area contributed by atoms with Gasteiger partial charge in [0.05, 0.1) is 0 Å². The van der Waals surface area contributed by atoms with Crippen molar-refractivity contribution in [3.05, 3.63) is 42.5 Å². The molecular formula is C13H15OSi. The molecule has 1 nitrogen and oxygen atoms in total. The Hall–Kier alpha value is -1.28. The van der Waals surface area contributed by atoms with E-state index >= 15 is 0 Å². The van der Waals surface area contributed by atoms with E-state index in [0.717, 1.165) is 11.1 Å². The van der Waals surface area contributed by atoms with Gasteiger partial charge in [0.25, 0.3) is 0 Å². The van der Waals surface area contributed by atoms with E-state index in [1.54, 1.807) is 0 Å². The Kier molecular flexibility index (Phi) is 2.53. The van der Waals surface area contributed by atoms with Crippen LogP contribution in [0.25, 0.3) is 10.8 Å². The molecular weight excluding hydrogens is 200 g/mol. The molecule has 0 bridgehead atoms. The second kappa shape index (κ2) is 3.70. The van der Waals surface area contributed by atoms with Gasteiger partial charge in [0.15, 0.2) is 0 Å². The number of fused-ring (bicyclic) bond motifs is 1. The molecule has 2 aromatic rings. The summed E-state index contributed by atoms with van der Waals surface area (Å²) < 4.78 is 6.00. The Morgan fingerprint density at radius 3 is 2.53 bits per heavy atom. The summed E-state index contributed by atoms with van der Waals surface area (Å²) in [5.74, 6) is 0.896. The number of rotatable bonds is 2. The van der Waals surface area contributed by atoms with E-state index in [0.29, 0.717) is 0 Å². The van der Waals surface area contributed by atoms with Crippen LogP contribution in [0.15, 0.2) is 36.4 Å². The lowest BCUT2D eigenvalue weighted by Gasteiger charge is -2.20. The van der Waals surface area contributed by atoms with Crippen molar-refractivity contribution in [3.63, 3.8) is 0 Å². The Bertz CT molecular complexity index is 466. The summed E-state index contributed by atoms with van der Waals surface area (Å²) in [6.07, 6.45) is 0. The number of benzene rings is 2. The van der Waals surface area contributed by atoms with E-state index in [-0.39, 0.29) is 0 Å². The summed E-state index contributed by atoms with van der Waals surface area (Å²) in [7, 11) is -1.55. The quantitative estimate of drug-likeness (QED) is 0.691. The molecule has 0 amide bonds. The van der Waals surface area contributed by atoms with E-state index in [9.17, 15) is 0 Å². The standard InChI is InChI=1S/C13H15OSi/c1-15(2,3)14-13-10-6-8-11-7-4-5-9-12(11)13/h4-9H,1-3H3. The molecule has 0 aromatic heterocycles. The zero-order valence-electron chi connectivity index (χ0n) is 9.37. The molecule has 0 saturated heterocycles. The first-order valence-electron chi connectivity index (χ1n) is 5.15. The third-order valence-corrected chi connectivity index (χ3v) is 2.91. The van der Waals surface area contributed by atoms with Gasteiger partial charge in [-0.3, -0.25) is 0 Å². The molecule has 0 N–H and O–H groups in total. The van der Waals surface area contributed by atoms with Gasteiger partial charge in [0.1, 0.15) is 5.75 Å². The van der Waals surface area contributed by atoms with E-state index in [1.165, 1.54) is 5.39 Å². The summed E-state index contributed by atoms with van der Waals surface area (Å²) >= 11 is 0. The van der Waals surface area contributed by atoms with Crippen LogP contribution < -0.4 is 4.43 Å². The van der Waals surface area contributed by atoms with Gasteiger partial charge in [-0.15, -0.1) is 0 Å². The van der Waals surface area contributed by atoms with Crippen LogP contribution in [0.5, 0.6) is 5.75 Å². The molecule has 2 aromatic carbocycles. The van der Waals surface area contributed by atoms with E-state index < -0.39 is 8.32 Å². The zero-order valence-corrected chi connectivity index (χ0v) is 10.4. The predicted octanol–water partition coefficient (Wildman–Crippen LogP) is 3.85. The normalized spacial score (nSPS) is 11.7. The Morgan fingerprint density at radius 2 is 1.80 bits per heavy atom. The molecule has 0 heterocycles. The monoisotopic (exact) mass is 215 g/mol. The van der Waals surface area contributed by atoms with Crippen molar-refractivity contribution in [2.45, 2.75) is 19.6 Å². The van der Waals surface area contributed by atoms with Gasteiger partial charge in [-0.2, -0.15) is 0 Å². The highest BCUT2D eigenvalue weighted by Gasteiger charge is 2.17. The maximum absolute atomic E-state index is 6.00. The van der Waals surface area contributed by atoms with Crippen molar-refractivity contribution < 1.29 is 4.43 Å². The fourth-order valence-corrected chi connectivity index (χ4v) is 2.31. The fourth-order valence-electron chi connectivity index (χ4n) is 1.52. The number of hydrogen-bond acceptors (Lipinski definition) is 1. The number of hydrogen-bond donors (Lipinski definition) is 0. The Labute approximate surface area is 91.8 Å². The summed E-state index contributed by atoms with van der Waals surface area (Å²) in [5, 5.41) is 2.37. The minimum atomic E-state index is -1.55. The molecule has 0 saturated carbocycles. The minimum Gasteiger partial charge on any atom is -0.543 e. The molecule has 77 valence electrons. The van der Waals surface area contributed by atoms with Crippen LogP contribution in [-0.4, -0.2) is 8.32 Å². The summed E-state index contributed by atoms with van der Waals surface area (Å²) in [6.45, 7) is 6.55. The maximum Gasteiger partial charge on any atom is 0.242 e. The van der Waals surface area contributed by atoms with Crippen molar-refractivity contribution in [1.29, 1.82) is 0 Å². The first kappa shape index (κ1) is 10.2. The van der Waals surface area contributed by atoms with Gasteiger partial charge in [-0.1, -0.05) is 30.3 Å². The van der Waals surface area contributed by atoms with Gasteiger partial charge < -0.3 is 4.43 Å². The van der Waals surface area contributed by atoms with Gasteiger partial charge in [0, 0.05) is 11.5 Å². The first-order chi connectivity index (χ1) is 7.06. The average molecular weight is 215 g/mol. The third-order valence-electron chi connectivity index (χ3n) is 2.09. The summed E-state index contributed by atoms with van der Waals surface area (Å²) in [6, 6.07) is 15.4. The highest BCUT2D eigenvalue weighted by molar-refractivity contribution is 6.70. The molecule has 0 fully saturated rings. The van der Waals surface area contributed by atoms with Crippen LogP contribution >= 0.6 is 0 Å². The summed E-state index contributed by atoms with van der Waals surface area (Å²) in [5.41, 5.74) is 0. The van der Waals surface area contributed by atoms with Gasteiger partial charge in [-0.05, 0) is 31.1 Å². The van der Waals surface area contributed by atoms with Gasteiger partial charge >= 0.3 is 0 Å². The first-order valence-corrected chi connectivity index (χ1v) is 8.55. The molecule has 0 atom stereocenters. The molecule has 0 aliphatic rings. The molecule has 0 unspecified atom stereocenters. The van der Waals surface area contributed by atoms with Crippen molar-refractivity contribution in [3.8, 4) is 5.75 Å². The van der Waals surface area contributed by atoms with Crippen molar-refractivity contribution in [1.82, 2.24) is 0 Å². The largest absolute Gasteiger partial charge is 0.543 e. The average Bonchev–Trinajstić information content (AvgIpc) is 2.16. The smallest absolute Gasteiger partial charge is 0.242 e. The van der Waals surface area contributed by atoms with Crippen LogP contribution in [0.3, 0.4) is 0 Å². The second-order valence-corrected chi connectivity index (χ2v) is 9.04. The molecule has 15 heavy (non-hydrogen) atoms. The molecule has 0 aliphatic heterocycles. The van der Waals surface area contributed by atoms with Crippen LogP contribution in [-0.2, 0) is 0 Å². The van der Waals surface area contributed by atoms with Crippen LogP contribution in [0, 0.1) is 6.07 Å². The SMILES string of the molecule is C[Si](C)(C)Oc1[c]ccc2ccccc12. The molecule has 0 aliphatic carbocycles. The molecule has 2 rings (SSSR count). The maximum atomic E-state index is 6.00. The topological polar surface area (TPSA) is 9.23 Å². The van der Waals surface area contributed by atoms with Crippen molar-refractivity contribution in [2.75, 3.05) is 0 Å². The van der Waals surface area contributed by atoms with Crippen molar-refractivity contribution in [2.24, 2.45) is 0 Å². The Morgan fingerprint density at radius 1 is 1.07 bits per heavy atom. The van der Waals surface area contributed by atoms with Crippen LogP contribution in [0.2, 0.25) is 19.6 Å². The molecule has 1 radical (unpaired) electrons. The lowest BCUT2D eigenvalue weighted by atomic mass is 10.1. The molecule has 2 heteroatoms. The minimum absolute atomic E-state index is 0.896. The second-order valence-electron chi connectivity index (χ2n) is 4.61. The van der Waals surface area contributed by atoms with Gasteiger partial charge in [-0.25, -0.2) is 0 Å². The van der Waals surface area contributed by atoms with Crippen LogP contribution in [0.1, 0.15) is 0 Å². The zero-order chi connectivity index (χ0) is 10.9. The van der Waals surface area contributed by atoms with E-state index in [1.807, 2.05) is 18.2 Å². The van der Waals surface area contributed by atoms with Crippen molar-refractivity contribution >= 4 is 19.1 Å². The molecule has 0 spiro atoms. The lowest BCUT2D eigenvalue weighted by molar-refractivity contribution is 0.563. The highest BCUT2D eigenvalue weighted by Crippen LogP contribution is 2.26. The fraction of sp³-hybridized carbons (Fsp3) is 0.231. The van der Waals surface area contributed by atoms with E-state index in [4.69, 9.17) is 4.43 Å². The highest BCUT2D eigenvalue weighted by atomic mass is 28.4. The summed E-state index contributed by atoms with van der Waals surface area (Å²) in [4.78, 5) is 0. The third kappa shape index (κ3) is 2.39.